The number of hydrogen-bond acceptors (Lipinski definition) is 6. The fraction of sp³-hybridized carbons (Fsp3) is 0.226. The third-order valence-electron chi connectivity index (χ3n) is 6.83. The second-order valence-electron chi connectivity index (χ2n) is 9.87. The molecule has 0 fully saturated rings. The van der Waals surface area contributed by atoms with E-state index in [-0.39, 0.29) is 36.9 Å². The number of rotatable bonds is 11. The normalized spacial score (nSPS) is 15.5. The number of ether oxygens (including phenoxy) is 1. The third kappa shape index (κ3) is 8.05. The molecule has 1 aliphatic carbocycles. The van der Waals surface area contributed by atoms with Crippen LogP contribution >= 0.6 is 11.3 Å². The first-order valence-corrected chi connectivity index (χ1v) is 14.4. The molecule has 8 nitrogen and oxygen atoms in total. The average molecular weight is 608 g/mol. The molecule has 0 saturated carbocycles. The summed E-state index contributed by atoms with van der Waals surface area (Å²) >= 11 is 1.33. The van der Waals surface area contributed by atoms with Gasteiger partial charge in [-0.2, -0.15) is 13.2 Å². The monoisotopic (exact) mass is 607 g/mol. The maximum atomic E-state index is 13.5. The zero-order chi connectivity index (χ0) is 30.2. The summed E-state index contributed by atoms with van der Waals surface area (Å²) in [6.07, 6.45) is 1.30. The number of amides is 2. The van der Waals surface area contributed by atoms with E-state index in [2.05, 4.69) is 25.6 Å². The molecule has 5 rings (SSSR count). The number of imidazole rings is 1. The topological polar surface area (TPSA) is 109 Å². The van der Waals surface area contributed by atoms with Crippen LogP contribution in [-0.4, -0.2) is 39.5 Å². The summed E-state index contributed by atoms with van der Waals surface area (Å²) in [4.78, 5) is 36.9. The van der Waals surface area contributed by atoms with Gasteiger partial charge < -0.3 is 15.0 Å². The van der Waals surface area contributed by atoms with Crippen LogP contribution in [0.15, 0.2) is 95.5 Å². The van der Waals surface area contributed by atoms with Gasteiger partial charge in [0.05, 0.1) is 35.8 Å². The molecule has 43 heavy (non-hydrogen) atoms. The van der Waals surface area contributed by atoms with E-state index in [9.17, 15) is 22.8 Å². The van der Waals surface area contributed by atoms with E-state index >= 15 is 0 Å². The number of anilines is 2. The summed E-state index contributed by atoms with van der Waals surface area (Å²) in [7, 11) is 0. The minimum Gasteiger partial charge on any atom is -0.377 e. The number of nitrogens with one attached hydrogen (secondary N) is 3. The molecule has 12 heteroatoms. The van der Waals surface area contributed by atoms with Crippen molar-refractivity contribution < 1.29 is 27.5 Å². The molecule has 222 valence electrons. The van der Waals surface area contributed by atoms with Crippen molar-refractivity contribution in [2.45, 2.75) is 25.6 Å². The highest BCUT2D eigenvalue weighted by Gasteiger charge is 2.39. The van der Waals surface area contributed by atoms with Crippen molar-refractivity contribution in [1.82, 2.24) is 15.0 Å². The van der Waals surface area contributed by atoms with Crippen LogP contribution < -0.4 is 10.6 Å². The standard InChI is InChI=1S/C31H28F3N5O3S/c32-31(33,34)23-8-4-7-22(15-23)25(13-14-42-17-20-5-2-1-3-6-20)28(40)39-30-35-16-26(38-30)21-9-11-24(12-10-21)37-29(41)27-18-43-19-36-27/h1-7,9-12,15-16,18-19,23,25H,8,13-14,17H2,(H,37,41)(H2,35,38,39,40). The van der Waals surface area contributed by atoms with E-state index in [4.69, 9.17) is 4.74 Å². The Balaban J connectivity index is 1.25. The van der Waals surface area contributed by atoms with E-state index < -0.39 is 23.9 Å². The molecule has 0 aliphatic heterocycles. The molecule has 0 saturated heterocycles. The van der Waals surface area contributed by atoms with Gasteiger partial charge >= 0.3 is 6.18 Å². The predicted octanol–water partition coefficient (Wildman–Crippen LogP) is 7.01. The quantitative estimate of drug-likeness (QED) is 0.159. The minimum absolute atomic E-state index is 0.156. The lowest BCUT2D eigenvalue weighted by atomic mass is 9.86. The Hall–Kier alpha value is -4.55. The summed E-state index contributed by atoms with van der Waals surface area (Å²) in [5, 5.41) is 7.14. The van der Waals surface area contributed by atoms with Crippen molar-refractivity contribution in [2.24, 2.45) is 11.8 Å². The molecule has 2 heterocycles. The number of carbonyl (C=O) groups is 2. The molecule has 2 amide bonds. The van der Waals surface area contributed by atoms with Gasteiger partial charge in [-0.1, -0.05) is 60.7 Å². The first-order valence-electron chi connectivity index (χ1n) is 13.5. The van der Waals surface area contributed by atoms with Crippen LogP contribution in [-0.2, 0) is 16.1 Å². The van der Waals surface area contributed by atoms with Crippen molar-refractivity contribution in [3.8, 4) is 11.3 Å². The molecular formula is C31H28F3N5O3S. The molecule has 0 radical (unpaired) electrons. The number of nitrogens with zero attached hydrogens (tertiary/aromatic N) is 2. The van der Waals surface area contributed by atoms with Crippen molar-refractivity contribution in [2.75, 3.05) is 17.2 Å². The second kappa shape index (κ2) is 13.6. The van der Waals surface area contributed by atoms with Gasteiger partial charge in [0.25, 0.3) is 5.91 Å². The highest BCUT2D eigenvalue weighted by molar-refractivity contribution is 7.07. The fourth-order valence-corrected chi connectivity index (χ4v) is 5.10. The highest BCUT2D eigenvalue weighted by atomic mass is 32.1. The minimum atomic E-state index is -4.41. The maximum absolute atomic E-state index is 13.5. The fourth-order valence-electron chi connectivity index (χ4n) is 4.57. The van der Waals surface area contributed by atoms with Crippen LogP contribution in [0.5, 0.6) is 0 Å². The average Bonchev–Trinajstić information content (AvgIpc) is 3.71. The van der Waals surface area contributed by atoms with Crippen molar-refractivity contribution >= 4 is 34.8 Å². The molecule has 2 unspecified atom stereocenters. The largest absolute Gasteiger partial charge is 0.395 e. The van der Waals surface area contributed by atoms with Gasteiger partial charge in [0.1, 0.15) is 5.69 Å². The number of halogens is 3. The number of aromatic nitrogens is 3. The lowest BCUT2D eigenvalue weighted by Gasteiger charge is -2.24. The Labute approximate surface area is 249 Å². The van der Waals surface area contributed by atoms with Crippen molar-refractivity contribution in [3.63, 3.8) is 0 Å². The van der Waals surface area contributed by atoms with Gasteiger partial charge in [0.2, 0.25) is 11.9 Å². The van der Waals surface area contributed by atoms with Crippen LogP contribution in [0, 0.1) is 11.8 Å². The number of H-pyrrole nitrogens is 1. The molecule has 0 bridgehead atoms. The molecular weight excluding hydrogens is 579 g/mol. The summed E-state index contributed by atoms with van der Waals surface area (Å²) in [6.45, 7) is 0.494. The van der Waals surface area contributed by atoms with Gasteiger partial charge in [-0.15, -0.1) is 11.3 Å². The molecule has 2 aromatic carbocycles. The van der Waals surface area contributed by atoms with Crippen molar-refractivity contribution in [3.05, 3.63) is 107 Å². The van der Waals surface area contributed by atoms with Crippen LogP contribution in [0.3, 0.4) is 0 Å². The van der Waals surface area contributed by atoms with Gasteiger partial charge in [-0.3, -0.25) is 14.9 Å². The molecule has 0 spiro atoms. The third-order valence-corrected chi connectivity index (χ3v) is 7.42. The molecule has 2 aromatic heterocycles. The van der Waals surface area contributed by atoms with Gasteiger partial charge in [0.15, 0.2) is 0 Å². The Morgan fingerprint density at radius 1 is 1.07 bits per heavy atom. The van der Waals surface area contributed by atoms with Crippen LogP contribution in [0.4, 0.5) is 24.8 Å². The van der Waals surface area contributed by atoms with Crippen molar-refractivity contribution in [1.29, 1.82) is 0 Å². The number of aromatic amines is 1. The Kier molecular flexibility index (Phi) is 9.48. The Morgan fingerprint density at radius 3 is 2.58 bits per heavy atom. The lowest BCUT2D eigenvalue weighted by Crippen LogP contribution is -2.29. The molecule has 2 atom stereocenters. The smallest absolute Gasteiger partial charge is 0.377 e. The van der Waals surface area contributed by atoms with Gasteiger partial charge in [-0.05, 0) is 41.7 Å². The highest BCUT2D eigenvalue weighted by Crippen LogP contribution is 2.36. The zero-order valence-corrected chi connectivity index (χ0v) is 23.6. The summed E-state index contributed by atoms with van der Waals surface area (Å²) in [5.41, 5.74) is 5.08. The number of thiazole rings is 1. The van der Waals surface area contributed by atoms with Gasteiger partial charge in [0, 0.05) is 17.7 Å². The SMILES string of the molecule is O=C(Nc1ccc(-c2cnc(NC(=O)C(CCOCc3ccccc3)C3=CC(C(F)(F)F)CC=C3)[nH]2)cc1)c1cscn1. The molecule has 3 N–H and O–H groups in total. The number of allylic oxidation sites excluding steroid dienone is 3. The molecule has 4 aromatic rings. The Bertz CT molecular complexity index is 1580. The van der Waals surface area contributed by atoms with Gasteiger partial charge in [-0.25, -0.2) is 9.97 Å². The second-order valence-corrected chi connectivity index (χ2v) is 10.6. The number of alkyl halides is 3. The van der Waals surface area contributed by atoms with E-state index in [0.29, 0.717) is 23.7 Å². The van der Waals surface area contributed by atoms with Crippen LogP contribution in [0.25, 0.3) is 11.3 Å². The van der Waals surface area contributed by atoms with Crippen LogP contribution in [0.2, 0.25) is 0 Å². The van der Waals surface area contributed by atoms with E-state index in [0.717, 1.165) is 17.2 Å². The number of carbonyl (C=O) groups excluding carboxylic acids is 2. The number of hydrogen-bond donors (Lipinski definition) is 3. The number of benzene rings is 2. The van der Waals surface area contributed by atoms with E-state index in [1.807, 2.05) is 30.3 Å². The molecule has 1 aliphatic rings. The zero-order valence-electron chi connectivity index (χ0n) is 22.8. The van der Waals surface area contributed by atoms with E-state index in [1.165, 1.54) is 23.6 Å². The van der Waals surface area contributed by atoms with Crippen LogP contribution in [0.1, 0.15) is 28.9 Å². The summed E-state index contributed by atoms with van der Waals surface area (Å²) in [5.74, 6) is -3.19. The lowest BCUT2D eigenvalue weighted by molar-refractivity contribution is -0.160. The Morgan fingerprint density at radius 2 is 1.86 bits per heavy atom. The summed E-state index contributed by atoms with van der Waals surface area (Å²) < 4.78 is 46.2. The first-order chi connectivity index (χ1) is 20.8. The maximum Gasteiger partial charge on any atom is 0.395 e. The first kappa shape index (κ1) is 29.9. The summed E-state index contributed by atoms with van der Waals surface area (Å²) in [6, 6.07) is 16.5. The predicted molar refractivity (Wildman–Crippen MR) is 158 cm³/mol. The van der Waals surface area contributed by atoms with E-state index in [1.54, 1.807) is 41.2 Å².